The molecule has 0 atom stereocenters. The molecule has 3 heteroatoms. The molecule has 0 aliphatic heterocycles. The largest absolute Gasteiger partial charge is 0.309 e. The van der Waals surface area contributed by atoms with Crippen LogP contribution in [0.4, 0.5) is 0 Å². The fraction of sp³-hybridized carbons (Fsp3) is 0. The van der Waals surface area contributed by atoms with Crippen LogP contribution in [0.1, 0.15) is 35.6 Å². The van der Waals surface area contributed by atoms with E-state index in [1.807, 2.05) is 0 Å². The molecule has 11 aromatic rings. The first-order valence-corrected chi connectivity index (χ1v) is 15.4. The van der Waals surface area contributed by atoms with Gasteiger partial charge in [0.05, 0.1) is 74.4 Å². The van der Waals surface area contributed by atoms with E-state index in [-0.39, 0.29) is 27.5 Å². The monoisotopic (exact) mass is 675 g/mol. The molecule has 0 N–H and O–H groups in total. The summed E-state index contributed by atoms with van der Waals surface area (Å²) in [5, 5.41) is -2.74. The molecular weight excluding hydrogens is 619 g/mol. The first kappa shape index (κ1) is 12.8. The number of nitrogens with zero attached hydrogens (tertiary/aromatic N) is 3. The van der Waals surface area contributed by atoms with Gasteiger partial charge in [-0.3, -0.25) is 0 Å². The van der Waals surface area contributed by atoms with Crippen LogP contribution in [0, 0.1) is 0 Å². The Hall–Kier alpha value is -6.84. The zero-order valence-electron chi connectivity index (χ0n) is 51.7. The maximum atomic E-state index is 10.00. The van der Waals surface area contributed by atoms with Gasteiger partial charge in [0, 0.05) is 49.3 Å². The van der Waals surface area contributed by atoms with Crippen LogP contribution in [-0.2, 0) is 0 Å². The summed E-state index contributed by atoms with van der Waals surface area (Å²) in [6.45, 7) is 0. The minimum Gasteiger partial charge on any atom is -0.309 e. The van der Waals surface area contributed by atoms with Gasteiger partial charge >= 0.3 is 0 Å². The number of benzene rings is 8. The lowest BCUT2D eigenvalue weighted by Gasteiger charge is -2.15. The Kier molecular flexibility index (Phi) is 2.72. The van der Waals surface area contributed by atoms with Crippen molar-refractivity contribution >= 4 is 65.4 Å². The van der Waals surface area contributed by atoms with Gasteiger partial charge in [-0.05, 0) is 78.1 Å². The maximum Gasteiger partial charge on any atom is 0.0646 e. The summed E-state index contributed by atoms with van der Waals surface area (Å²) in [4.78, 5) is 0. The Morgan fingerprint density at radius 3 is 1.59 bits per heavy atom. The van der Waals surface area contributed by atoms with Gasteiger partial charge in [0.25, 0.3) is 0 Å². The predicted octanol–water partition coefficient (Wildman–Crippen LogP) is 12.6. The first-order valence-electron chi connectivity index (χ1n) is 28.4. The van der Waals surface area contributed by atoms with Crippen molar-refractivity contribution in [2.45, 2.75) is 0 Å². The highest BCUT2D eigenvalue weighted by Gasteiger charge is 2.22. The molecular formula is C48H31N3. The van der Waals surface area contributed by atoms with E-state index in [1.165, 1.54) is 4.57 Å². The second kappa shape index (κ2) is 10.8. The van der Waals surface area contributed by atoms with E-state index >= 15 is 0 Å². The van der Waals surface area contributed by atoms with E-state index in [0.29, 0.717) is 0 Å². The highest BCUT2D eigenvalue weighted by atomic mass is 15.0. The Bertz CT molecular complexity index is 4600. The first-order chi connectivity index (χ1) is 36.2. The summed E-state index contributed by atoms with van der Waals surface area (Å²) in [5.41, 5.74) is -5.83. The van der Waals surface area contributed by atoms with E-state index in [4.69, 9.17) is 20.6 Å². The molecule has 8 aromatic carbocycles. The molecule has 0 aliphatic carbocycles. The quantitative estimate of drug-likeness (QED) is 0.176. The van der Waals surface area contributed by atoms with Crippen molar-refractivity contribution in [2.24, 2.45) is 0 Å². The molecule has 3 aromatic heterocycles. The zero-order valence-corrected chi connectivity index (χ0v) is 25.7. The van der Waals surface area contributed by atoms with Gasteiger partial charge in [0.1, 0.15) is 0 Å². The fourth-order valence-electron chi connectivity index (χ4n) is 6.77. The molecule has 0 radical (unpaired) electrons. The molecule has 0 unspecified atom stereocenters. The summed E-state index contributed by atoms with van der Waals surface area (Å²) >= 11 is 0. The van der Waals surface area contributed by atoms with Crippen LogP contribution in [-0.4, -0.2) is 13.7 Å². The van der Waals surface area contributed by atoms with Crippen molar-refractivity contribution < 1.29 is 35.6 Å². The van der Waals surface area contributed by atoms with Gasteiger partial charge in [-0.15, -0.1) is 0 Å². The average molecular weight is 676 g/mol. The Morgan fingerprint density at radius 2 is 0.863 bits per heavy atom. The second-order valence-corrected chi connectivity index (χ2v) is 11.4. The molecule has 0 spiro atoms. The van der Waals surface area contributed by atoms with Gasteiger partial charge < -0.3 is 13.7 Å². The van der Waals surface area contributed by atoms with Crippen molar-refractivity contribution in [1.82, 2.24) is 13.7 Å². The molecule has 51 heavy (non-hydrogen) atoms. The van der Waals surface area contributed by atoms with Crippen molar-refractivity contribution in [3.63, 3.8) is 0 Å². The third kappa shape index (κ3) is 4.00. The maximum absolute atomic E-state index is 10.00. The minimum atomic E-state index is -1.03. The van der Waals surface area contributed by atoms with Gasteiger partial charge in [-0.25, -0.2) is 0 Å². The molecule has 3 nitrogen and oxygen atoms in total. The van der Waals surface area contributed by atoms with E-state index in [9.17, 15) is 15.1 Å². The van der Waals surface area contributed by atoms with Gasteiger partial charge in [-0.2, -0.15) is 0 Å². The summed E-state index contributed by atoms with van der Waals surface area (Å²) in [7, 11) is 0. The summed E-state index contributed by atoms with van der Waals surface area (Å²) in [6.07, 6.45) is 0. The third-order valence-electron chi connectivity index (χ3n) is 8.78. The van der Waals surface area contributed by atoms with Crippen LogP contribution in [0.3, 0.4) is 0 Å². The predicted molar refractivity (Wildman–Crippen MR) is 215 cm³/mol. The summed E-state index contributed by atoms with van der Waals surface area (Å²) in [5.74, 6) is 0. The molecule has 3 heterocycles. The molecule has 0 saturated carbocycles. The lowest BCUT2D eigenvalue weighted by Crippen LogP contribution is -1.97. The topological polar surface area (TPSA) is 14.8 Å². The van der Waals surface area contributed by atoms with Crippen LogP contribution in [0.2, 0.25) is 0 Å². The summed E-state index contributed by atoms with van der Waals surface area (Å²) < 4.78 is 241. The fourth-order valence-corrected chi connectivity index (χ4v) is 6.77. The molecule has 11 rings (SSSR count). The van der Waals surface area contributed by atoms with Crippen LogP contribution < -0.4 is 0 Å². The standard InChI is InChI=1S/C48H31N3/c1-3-15-33(16-4-1)49-41-24-12-8-20-36(41)39-31-32(27-28-44(39)49)35-19-7-11-23-40(35)51-43-26-14-10-22-38(43)48-46(51)30-29-45-47(48)37-21-9-13-25-42(37)50(45)34-17-5-2-6-18-34/h1-31H/i2D,5D,6D,7D,8D,9D,10D,11D,12D,13D,14D,17D,18D,19D,20D,21D,22D,23D,24D,25D,26D,27D,28D,29D,30D,31D. The Morgan fingerprint density at radius 1 is 0.353 bits per heavy atom. The number of aromatic nitrogens is 3. The highest BCUT2D eigenvalue weighted by Crippen LogP contribution is 2.44. The second-order valence-electron chi connectivity index (χ2n) is 11.4. The molecule has 238 valence electrons. The van der Waals surface area contributed by atoms with Gasteiger partial charge in [-0.1, -0.05) is 115 Å². The van der Waals surface area contributed by atoms with Crippen LogP contribution in [0.25, 0.3) is 93.6 Å². The van der Waals surface area contributed by atoms with E-state index < -0.39 is 223 Å². The number of rotatable bonds is 4. The molecule has 0 amide bonds. The average Bonchev–Trinajstić information content (AvgIpc) is 4.21. The Labute approximate surface area is 331 Å². The smallest absolute Gasteiger partial charge is 0.0646 e. The summed E-state index contributed by atoms with van der Waals surface area (Å²) in [6, 6.07) is -14.7. The van der Waals surface area contributed by atoms with E-state index in [0.717, 1.165) is 9.13 Å². The number of hydrogen-bond acceptors (Lipinski definition) is 0. The lowest BCUT2D eigenvalue weighted by molar-refractivity contribution is 1.17. The zero-order chi connectivity index (χ0) is 56.1. The van der Waals surface area contributed by atoms with Crippen LogP contribution in [0.15, 0.2) is 187 Å². The molecule has 0 fully saturated rings. The molecule has 0 saturated heterocycles. The van der Waals surface area contributed by atoms with Crippen molar-refractivity contribution in [2.75, 3.05) is 0 Å². The number of fused-ring (bicyclic) bond motifs is 10. The molecule has 0 aliphatic rings. The number of hydrogen-bond donors (Lipinski definition) is 0. The van der Waals surface area contributed by atoms with Crippen molar-refractivity contribution in [3.05, 3.63) is 187 Å². The van der Waals surface area contributed by atoms with Crippen molar-refractivity contribution in [1.29, 1.82) is 0 Å². The highest BCUT2D eigenvalue weighted by molar-refractivity contribution is 6.29. The van der Waals surface area contributed by atoms with E-state index in [1.54, 1.807) is 30.3 Å². The Balaban J connectivity index is 1.45. The van der Waals surface area contributed by atoms with Gasteiger partial charge in [0.15, 0.2) is 0 Å². The normalized spacial score (nSPS) is 19.1. The van der Waals surface area contributed by atoms with Gasteiger partial charge in [0.2, 0.25) is 0 Å². The van der Waals surface area contributed by atoms with E-state index in [2.05, 4.69) is 0 Å². The third-order valence-corrected chi connectivity index (χ3v) is 8.78. The number of para-hydroxylation sites is 6. The molecule has 0 bridgehead atoms. The van der Waals surface area contributed by atoms with Crippen molar-refractivity contribution in [3.8, 4) is 28.2 Å². The van der Waals surface area contributed by atoms with Crippen LogP contribution >= 0.6 is 0 Å². The lowest BCUT2D eigenvalue weighted by atomic mass is 10.0. The minimum absolute atomic E-state index is 0.212. The SMILES string of the molecule is [2H]c1c([2H])c([2H])c(-n2c3c([2H])c([2H])c([2H])c([2H])c3c3c4c5c([2H])c([2H])c([2H])c([2H])c5n(-c5c([2H])c([2H])c([2H])c([2H])c5-c5c([2H])c([2H])c6c(c5[2H])c5c([2H])c([2H])c([2H])c([2H])c5n6-c5ccccc5)c4c([2H])c([2H])c32)c([2H])c1[2H]. The van der Waals surface area contributed by atoms with Crippen LogP contribution in [0.5, 0.6) is 0 Å².